The largest absolute Gasteiger partial charge is 0.492 e. The molecule has 0 aliphatic carbocycles. The van der Waals surface area contributed by atoms with Crippen molar-refractivity contribution in [2.45, 2.75) is 19.6 Å². The van der Waals surface area contributed by atoms with E-state index >= 15 is 0 Å². The van der Waals surface area contributed by atoms with Crippen LogP contribution in [0.25, 0.3) is 33.4 Å². The second-order valence-electron chi connectivity index (χ2n) is 24.5. The highest BCUT2D eigenvalue weighted by atomic mass is 16.5. The molecule has 2 aliphatic heterocycles. The van der Waals surface area contributed by atoms with Gasteiger partial charge < -0.3 is 99.6 Å². The van der Waals surface area contributed by atoms with Crippen LogP contribution in [0, 0.1) is 0 Å². The molecule has 4 amide bonds. The van der Waals surface area contributed by atoms with E-state index in [1.807, 2.05) is 135 Å². The Morgan fingerprint density at radius 3 is 0.929 bits per heavy atom. The molecular formula is C81H101N21O10. The second-order valence-corrected chi connectivity index (χ2v) is 24.5. The molecule has 0 fully saturated rings. The van der Waals surface area contributed by atoms with Crippen LogP contribution in [0.5, 0.6) is 34.5 Å². The van der Waals surface area contributed by atoms with E-state index in [9.17, 15) is 19.2 Å². The fourth-order valence-corrected chi connectivity index (χ4v) is 11.6. The molecule has 31 nitrogen and oxygen atoms in total. The maximum Gasteiger partial charge on any atom is 0.261 e. The molecule has 2 heterocycles. The third-order valence-electron chi connectivity index (χ3n) is 17.0. The van der Waals surface area contributed by atoms with E-state index in [1.54, 1.807) is 96.9 Å². The Labute approximate surface area is 652 Å². The second kappa shape index (κ2) is 44.0. The van der Waals surface area contributed by atoms with Gasteiger partial charge in [0.2, 0.25) is 0 Å². The summed E-state index contributed by atoms with van der Waals surface area (Å²) in [6.07, 6.45) is 0. The van der Waals surface area contributed by atoms with Gasteiger partial charge in [0.1, 0.15) is 74.1 Å². The lowest BCUT2D eigenvalue weighted by molar-refractivity contribution is 0.0627. The van der Waals surface area contributed by atoms with Crippen LogP contribution in [-0.4, -0.2) is 204 Å². The molecule has 0 aromatic heterocycles. The minimum absolute atomic E-state index is 0.00571. The zero-order chi connectivity index (χ0) is 80.2. The van der Waals surface area contributed by atoms with Gasteiger partial charge in [0.05, 0.1) is 74.6 Å². The number of aliphatic imine (C=N–C) groups is 6. The highest BCUT2D eigenvalue weighted by Crippen LogP contribution is 2.38. The van der Waals surface area contributed by atoms with E-state index in [0.717, 1.165) is 73.5 Å². The van der Waals surface area contributed by atoms with Crippen molar-refractivity contribution in [3.8, 4) is 67.9 Å². The number of hydrogen-bond donors (Lipinski definition) is 13. The number of fused-ring (bicyclic) bond motifs is 2. The standard InChI is InChI=1S/C31H37N7O4.C27H29N7O4.C23H35N7O2/c1-32-30(33-2)36-14-16-41-23-9-7-8-22(19-23)24-13-12-21(18-27(24)42-17-15-37-31(34-3)35-4)20-38-28(39)25-10-5-6-11-26(25)29(38)40;28-26(29)32-10-12-37-19-5-3-4-18(15-19)20-9-8-17(14-23(20)38-13-11-33-27(30)31)16-34-24(35)21-6-1-2-7-22(21)25(34)36;1-25-22(26-2)29-10-12-31-19-7-5-6-18(15-19)20-9-8-17(16-24)14-21(20)32-13-11-30-23(27-3)28-4/h5-13,18-19H,14-17,20H2,1-4H3,(H2,32,33,36)(H2,34,35,37);1-9,14-15H,10-13,16H2,(H4,28,29,32)(H4,30,31,33);5-9,14-15H,10-13,16,24H2,1-4H3,(H2,25,26,29)(H2,27,28,30). The van der Waals surface area contributed by atoms with E-state index in [-0.39, 0.29) is 61.8 Å². The molecule has 10 rings (SSSR count). The zero-order valence-electron chi connectivity index (χ0n) is 64.4. The SMILES string of the molecule is CN=C(NC)NCCOc1cccc(-c2ccc(CN)cc2OCCNC(=NC)NC)c1.CN=C(NC)NCCOc1cccc(-c2ccc(CN3C(=O)c4ccccc4C3=O)cc2OCCNC(=NC)NC)c1.NC(N)=NCCOc1cccc(-c2ccc(CN3C(=O)c4ccccc4C3=O)cc2OCCN=C(N)N)c1. The lowest BCUT2D eigenvalue weighted by Gasteiger charge is -2.18. The van der Waals surface area contributed by atoms with Crippen molar-refractivity contribution in [3.05, 3.63) is 215 Å². The van der Waals surface area contributed by atoms with Gasteiger partial charge in [0.25, 0.3) is 23.6 Å². The topological polar surface area (TPSA) is 431 Å². The molecule has 0 spiro atoms. The van der Waals surface area contributed by atoms with E-state index in [4.69, 9.17) is 57.1 Å². The Balaban J connectivity index is 0.000000213. The summed E-state index contributed by atoms with van der Waals surface area (Å²) in [7, 11) is 14.1. The number of ether oxygens (including phenoxy) is 6. The molecule has 8 aromatic carbocycles. The number of nitrogens with one attached hydrogen (secondary N) is 8. The van der Waals surface area contributed by atoms with Gasteiger partial charge in [0, 0.05) is 79.6 Å². The number of nitrogens with zero attached hydrogens (tertiary/aromatic N) is 8. The van der Waals surface area contributed by atoms with E-state index in [1.165, 1.54) is 9.80 Å². The quantitative estimate of drug-likeness (QED) is 0.0113. The number of guanidine groups is 6. The summed E-state index contributed by atoms with van der Waals surface area (Å²) in [5, 5.41) is 24.6. The molecule has 0 bridgehead atoms. The lowest BCUT2D eigenvalue weighted by Crippen LogP contribution is -2.37. The zero-order valence-corrected chi connectivity index (χ0v) is 64.4. The van der Waals surface area contributed by atoms with Gasteiger partial charge in [-0.05, 0) is 112 Å². The number of benzene rings is 8. The maximum atomic E-state index is 13.0. The normalized spacial score (nSPS) is 12.4. The van der Waals surface area contributed by atoms with Crippen LogP contribution in [0.1, 0.15) is 58.1 Å². The number of carbonyl (C=O) groups is 4. The van der Waals surface area contributed by atoms with Crippen LogP contribution in [0.3, 0.4) is 0 Å². The molecule has 112 heavy (non-hydrogen) atoms. The first kappa shape index (κ1) is 84.0. The van der Waals surface area contributed by atoms with Gasteiger partial charge >= 0.3 is 0 Å². The Kier molecular flexibility index (Phi) is 33.0. The number of rotatable bonds is 32. The molecule has 18 N–H and O–H groups in total. The number of hydrogen-bond acceptors (Lipinski definition) is 17. The van der Waals surface area contributed by atoms with E-state index in [0.29, 0.717) is 129 Å². The minimum Gasteiger partial charge on any atom is -0.492 e. The predicted octanol–water partition coefficient (Wildman–Crippen LogP) is 5.11. The van der Waals surface area contributed by atoms with Crippen molar-refractivity contribution in [2.24, 2.45) is 58.6 Å². The molecule has 0 saturated heterocycles. The third-order valence-corrected chi connectivity index (χ3v) is 17.0. The van der Waals surface area contributed by atoms with Crippen LogP contribution in [0.2, 0.25) is 0 Å². The molecule has 590 valence electrons. The number of amides is 4. The van der Waals surface area contributed by atoms with E-state index < -0.39 is 0 Å². The molecule has 0 atom stereocenters. The monoisotopic (exact) mass is 1530 g/mol. The van der Waals surface area contributed by atoms with Crippen molar-refractivity contribution in [3.63, 3.8) is 0 Å². The first-order valence-corrected chi connectivity index (χ1v) is 36.2. The summed E-state index contributed by atoms with van der Waals surface area (Å²) in [5.41, 5.74) is 37.0. The average Bonchev–Trinajstić information content (AvgIpc) is 1.61. The summed E-state index contributed by atoms with van der Waals surface area (Å²) >= 11 is 0. The van der Waals surface area contributed by atoms with E-state index in [2.05, 4.69) is 72.5 Å². The Morgan fingerprint density at radius 1 is 0.339 bits per heavy atom. The smallest absolute Gasteiger partial charge is 0.261 e. The molecule has 0 radical (unpaired) electrons. The molecule has 0 unspecified atom stereocenters. The molecule has 2 aliphatic rings. The number of nitrogens with two attached hydrogens (primary N) is 5. The molecule has 31 heteroatoms. The Morgan fingerprint density at radius 2 is 0.625 bits per heavy atom. The van der Waals surface area contributed by atoms with Crippen LogP contribution in [-0.2, 0) is 19.6 Å². The van der Waals surface area contributed by atoms with Crippen molar-refractivity contribution in [2.75, 3.05) is 135 Å². The van der Waals surface area contributed by atoms with Gasteiger partial charge in [-0.3, -0.25) is 58.9 Å². The van der Waals surface area contributed by atoms with Gasteiger partial charge in [-0.1, -0.05) is 97.1 Å². The third kappa shape index (κ3) is 24.5. The van der Waals surface area contributed by atoms with Crippen LogP contribution >= 0.6 is 0 Å². The summed E-state index contributed by atoms with van der Waals surface area (Å²) in [5.74, 6) is 5.63. The van der Waals surface area contributed by atoms with Crippen molar-refractivity contribution in [1.29, 1.82) is 0 Å². The summed E-state index contributed by atoms with van der Waals surface area (Å²) in [6, 6.07) is 54.2. The minimum atomic E-state index is -0.324. The molecule has 8 aromatic rings. The first-order chi connectivity index (χ1) is 54.5. The van der Waals surface area contributed by atoms with Crippen molar-refractivity contribution in [1.82, 2.24) is 52.3 Å². The van der Waals surface area contributed by atoms with Gasteiger partial charge in [0.15, 0.2) is 35.8 Å². The van der Waals surface area contributed by atoms with Crippen LogP contribution in [0.15, 0.2) is 206 Å². The van der Waals surface area contributed by atoms with Crippen molar-refractivity contribution < 1.29 is 47.6 Å². The van der Waals surface area contributed by atoms with Crippen LogP contribution in [0.4, 0.5) is 0 Å². The summed E-state index contributed by atoms with van der Waals surface area (Å²) in [6.45, 7) is 5.97. The Bertz CT molecular complexity index is 4600. The molecular weight excluding hydrogens is 1430 g/mol. The van der Waals surface area contributed by atoms with Gasteiger partial charge in [-0.2, -0.15) is 0 Å². The van der Waals surface area contributed by atoms with Crippen LogP contribution < -0.4 is 99.6 Å². The Hall–Kier alpha value is -13.6. The first-order valence-electron chi connectivity index (χ1n) is 36.2. The number of imide groups is 2. The number of carbonyl (C=O) groups excluding carboxylic acids is 4. The summed E-state index contributed by atoms with van der Waals surface area (Å²) < 4.78 is 36.0. The lowest BCUT2D eigenvalue weighted by atomic mass is 10.0. The fraction of sp³-hybridized carbons (Fsp3) is 0.284. The predicted molar refractivity (Wildman–Crippen MR) is 441 cm³/mol. The highest BCUT2D eigenvalue weighted by molar-refractivity contribution is 6.22. The average molecular weight is 1530 g/mol. The van der Waals surface area contributed by atoms with Gasteiger partial charge in [-0.25, -0.2) is 0 Å². The fourth-order valence-electron chi connectivity index (χ4n) is 11.6. The highest BCUT2D eigenvalue weighted by Gasteiger charge is 2.36. The summed E-state index contributed by atoms with van der Waals surface area (Å²) in [4.78, 5) is 78.4. The maximum absolute atomic E-state index is 13.0. The van der Waals surface area contributed by atoms with Crippen molar-refractivity contribution >= 4 is 59.4 Å². The molecule has 0 saturated carbocycles. The van der Waals surface area contributed by atoms with Gasteiger partial charge in [-0.15, -0.1) is 0 Å².